The summed E-state index contributed by atoms with van der Waals surface area (Å²) in [4.78, 5) is 19.5. The van der Waals surface area contributed by atoms with Gasteiger partial charge in [-0.1, -0.05) is 30.3 Å². The molecular weight excluding hydrogens is 385 g/mol. The predicted molar refractivity (Wildman–Crippen MR) is 111 cm³/mol. The first-order chi connectivity index (χ1) is 12.0. The second-order valence-corrected chi connectivity index (χ2v) is 6.71. The minimum atomic E-state index is -0.0568. The van der Waals surface area contributed by atoms with Crippen LogP contribution in [-0.2, 0) is 7.05 Å². The number of benzene rings is 1. The maximum atomic E-state index is 13.2. The van der Waals surface area contributed by atoms with Crippen molar-refractivity contribution in [3.8, 4) is 0 Å². The van der Waals surface area contributed by atoms with Gasteiger partial charge in [0.1, 0.15) is 0 Å². The molecule has 2 atom stereocenters. The zero-order valence-corrected chi connectivity index (χ0v) is 16.8. The van der Waals surface area contributed by atoms with Crippen LogP contribution in [0.4, 0.5) is 0 Å². The van der Waals surface area contributed by atoms with Gasteiger partial charge in [0.25, 0.3) is 5.91 Å². The van der Waals surface area contributed by atoms with Crippen LogP contribution in [0.5, 0.6) is 0 Å². The molecule has 4 rings (SSSR count). The topological polar surface area (TPSA) is 77.0 Å². The molecule has 0 saturated carbocycles. The van der Waals surface area contributed by atoms with Crippen LogP contribution >= 0.6 is 24.8 Å². The van der Waals surface area contributed by atoms with E-state index in [-0.39, 0.29) is 42.7 Å². The Morgan fingerprint density at radius 1 is 1.19 bits per heavy atom. The van der Waals surface area contributed by atoms with Crippen LogP contribution in [0.3, 0.4) is 0 Å². The van der Waals surface area contributed by atoms with Crippen molar-refractivity contribution < 1.29 is 4.79 Å². The number of hydrogen-bond acceptors (Lipinski definition) is 4. The SMILES string of the molecule is Cc1cc(C(=O)N2C[C@@H](N)[C@H](c3ccccc3)C2)c2cnn(C)c2n1.Cl.Cl. The lowest BCUT2D eigenvalue weighted by atomic mass is 9.95. The number of carbonyl (C=O) groups is 1. The largest absolute Gasteiger partial charge is 0.336 e. The van der Waals surface area contributed by atoms with Gasteiger partial charge in [-0.2, -0.15) is 5.10 Å². The van der Waals surface area contributed by atoms with E-state index in [1.807, 2.05) is 43.1 Å². The van der Waals surface area contributed by atoms with E-state index in [1.165, 1.54) is 5.56 Å². The summed E-state index contributed by atoms with van der Waals surface area (Å²) in [5.74, 6) is 0.162. The van der Waals surface area contributed by atoms with Crippen LogP contribution in [0.15, 0.2) is 42.6 Å². The highest BCUT2D eigenvalue weighted by Crippen LogP contribution is 2.28. The van der Waals surface area contributed by atoms with Gasteiger partial charge in [0, 0.05) is 37.8 Å². The summed E-state index contributed by atoms with van der Waals surface area (Å²) in [5, 5.41) is 5.03. The van der Waals surface area contributed by atoms with Crippen molar-refractivity contribution in [2.24, 2.45) is 12.8 Å². The first-order valence-electron chi connectivity index (χ1n) is 8.43. The van der Waals surface area contributed by atoms with Crippen LogP contribution in [0.1, 0.15) is 27.5 Å². The minimum Gasteiger partial charge on any atom is -0.336 e. The Kier molecular flexibility index (Phi) is 6.46. The lowest BCUT2D eigenvalue weighted by Gasteiger charge is -2.17. The molecule has 2 aromatic heterocycles. The molecular formula is C19H23Cl2N5O. The maximum Gasteiger partial charge on any atom is 0.254 e. The van der Waals surface area contributed by atoms with Gasteiger partial charge in [-0.15, -0.1) is 24.8 Å². The molecule has 0 bridgehead atoms. The van der Waals surface area contributed by atoms with Crippen LogP contribution in [-0.4, -0.2) is 44.7 Å². The highest BCUT2D eigenvalue weighted by Gasteiger charge is 2.35. The molecule has 6 nitrogen and oxygen atoms in total. The zero-order chi connectivity index (χ0) is 17.6. The third-order valence-electron chi connectivity index (χ3n) is 4.94. The van der Waals surface area contributed by atoms with Gasteiger partial charge in [-0.25, -0.2) is 4.98 Å². The molecule has 0 radical (unpaired) electrons. The van der Waals surface area contributed by atoms with Gasteiger partial charge < -0.3 is 10.6 Å². The van der Waals surface area contributed by atoms with E-state index in [0.717, 1.165) is 16.7 Å². The molecule has 0 aliphatic carbocycles. The van der Waals surface area contributed by atoms with Gasteiger partial charge in [0.05, 0.1) is 17.1 Å². The fourth-order valence-electron chi connectivity index (χ4n) is 3.63. The van der Waals surface area contributed by atoms with E-state index in [9.17, 15) is 4.79 Å². The Labute approximate surface area is 170 Å². The molecule has 1 saturated heterocycles. The number of fused-ring (bicyclic) bond motifs is 1. The van der Waals surface area contributed by atoms with Crippen molar-refractivity contribution >= 4 is 41.8 Å². The molecule has 1 aliphatic heterocycles. The number of rotatable bonds is 2. The molecule has 1 fully saturated rings. The number of nitrogens with two attached hydrogens (primary N) is 1. The summed E-state index contributed by atoms with van der Waals surface area (Å²) in [6.45, 7) is 3.08. The van der Waals surface area contributed by atoms with Crippen molar-refractivity contribution in [1.29, 1.82) is 0 Å². The third-order valence-corrected chi connectivity index (χ3v) is 4.94. The van der Waals surface area contributed by atoms with Crippen molar-refractivity contribution in [3.05, 3.63) is 59.4 Å². The van der Waals surface area contributed by atoms with Gasteiger partial charge >= 0.3 is 0 Å². The number of hydrogen-bond donors (Lipinski definition) is 1. The molecule has 1 aliphatic rings. The zero-order valence-electron chi connectivity index (χ0n) is 15.2. The molecule has 8 heteroatoms. The van der Waals surface area contributed by atoms with E-state index in [0.29, 0.717) is 18.7 Å². The van der Waals surface area contributed by atoms with E-state index < -0.39 is 0 Å². The Morgan fingerprint density at radius 2 is 1.89 bits per heavy atom. The number of halogens is 2. The van der Waals surface area contributed by atoms with E-state index in [2.05, 4.69) is 22.2 Å². The highest BCUT2D eigenvalue weighted by molar-refractivity contribution is 6.05. The number of likely N-dealkylation sites (tertiary alicyclic amines) is 1. The van der Waals surface area contributed by atoms with Gasteiger partial charge in [0.15, 0.2) is 5.65 Å². The van der Waals surface area contributed by atoms with E-state index in [1.54, 1.807) is 10.9 Å². The molecule has 0 unspecified atom stereocenters. The summed E-state index contributed by atoms with van der Waals surface area (Å²) in [6, 6.07) is 12.0. The molecule has 3 heterocycles. The quantitative estimate of drug-likeness (QED) is 0.708. The van der Waals surface area contributed by atoms with E-state index >= 15 is 0 Å². The van der Waals surface area contributed by atoms with Crippen LogP contribution in [0.2, 0.25) is 0 Å². The molecule has 2 N–H and O–H groups in total. The highest BCUT2D eigenvalue weighted by atomic mass is 35.5. The Balaban J connectivity index is 0.00000131. The van der Waals surface area contributed by atoms with Crippen molar-refractivity contribution in [2.45, 2.75) is 18.9 Å². The van der Waals surface area contributed by atoms with Crippen LogP contribution in [0.25, 0.3) is 11.0 Å². The van der Waals surface area contributed by atoms with Gasteiger partial charge in [-0.3, -0.25) is 9.48 Å². The monoisotopic (exact) mass is 407 g/mol. The molecule has 1 aromatic carbocycles. The minimum absolute atomic E-state index is 0. The number of pyridine rings is 1. The molecule has 144 valence electrons. The van der Waals surface area contributed by atoms with Gasteiger partial charge in [0.2, 0.25) is 0 Å². The summed E-state index contributed by atoms with van der Waals surface area (Å²) in [5.41, 5.74) is 9.71. The fraction of sp³-hybridized carbons (Fsp3) is 0.316. The number of nitrogens with zero attached hydrogens (tertiary/aromatic N) is 4. The molecule has 27 heavy (non-hydrogen) atoms. The van der Waals surface area contributed by atoms with E-state index in [4.69, 9.17) is 5.73 Å². The first-order valence-corrected chi connectivity index (χ1v) is 8.43. The average molecular weight is 408 g/mol. The Bertz CT molecular complexity index is 944. The molecule has 1 amide bonds. The van der Waals surface area contributed by atoms with Crippen LogP contribution < -0.4 is 5.73 Å². The van der Waals surface area contributed by atoms with Gasteiger partial charge in [-0.05, 0) is 18.6 Å². The summed E-state index contributed by atoms with van der Waals surface area (Å²) in [7, 11) is 1.83. The lowest BCUT2D eigenvalue weighted by molar-refractivity contribution is 0.0791. The number of aryl methyl sites for hydroxylation is 2. The summed E-state index contributed by atoms with van der Waals surface area (Å²) in [6.07, 6.45) is 1.71. The average Bonchev–Trinajstić information content (AvgIpc) is 3.18. The van der Waals surface area contributed by atoms with Crippen molar-refractivity contribution in [2.75, 3.05) is 13.1 Å². The first kappa shape index (κ1) is 21.2. The normalized spacial score (nSPS) is 18.9. The van der Waals surface area contributed by atoms with Crippen LogP contribution in [0, 0.1) is 6.92 Å². The number of aromatic nitrogens is 3. The second kappa shape index (κ2) is 8.25. The summed E-state index contributed by atoms with van der Waals surface area (Å²) < 4.78 is 1.70. The molecule has 3 aromatic rings. The molecule has 0 spiro atoms. The smallest absolute Gasteiger partial charge is 0.254 e. The number of carbonyl (C=O) groups excluding carboxylic acids is 1. The third kappa shape index (κ3) is 3.78. The van der Waals surface area contributed by atoms with Crippen molar-refractivity contribution in [3.63, 3.8) is 0 Å². The standard InChI is InChI=1S/C19H21N5O.2ClH/c1-12-8-14(15-9-21-23(2)18(15)22-12)19(25)24-10-16(17(20)11-24)13-6-4-3-5-7-13;;/h3-9,16-17H,10-11,20H2,1-2H3;2*1H/t16-,17+;;/m0../s1. The fourth-order valence-corrected chi connectivity index (χ4v) is 3.63. The lowest BCUT2D eigenvalue weighted by Crippen LogP contribution is -2.32. The Morgan fingerprint density at radius 3 is 2.59 bits per heavy atom. The Hall–Kier alpha value is -2.15. The second-order valence-electron chi connectivity index (χ2n) is 6.71. The maximum absolute atomic E-state index is 13.2. The summed E-state index contributed by atoms with van der Waals surface area (Å²) >= 11 is 0. The number of amides is 1. The predicted octanol–water partition coefficient (Wildman–Crippen LogP) is 2.69. The van der Waals surface area contributed by atoms with Crippen molar-refractivity contribution in [1.82, 2.24) is 19.7 Å².